The first-order valence-corrected chi connectivity index (χ1v) is 13.2. The van der Waals surface area contributed by atoms with Crippen LogP contribution in [0, 0.1) is 0 Å². The molecule has 3 aliphatic heterocycles. The molecule has 1 atom stereocenters. The molecule has 0 bridgehead atoms. The zero-order valence-electron chi connectivity index (χ0n) is 20.2. The largest absolute Gasteiger partial charge is 0.458 e. The van der Waals surface area contributed by atoms with E-state index in [1.165, 1.54) is 0 Å². The number of nitrogens with zero attached hydrogens (tertiary/aromatic N) is 2. The normalized spacial score (nSPS) is 18.9. The van der Waals surface area contributed by atoms with E-state index in [0.717, 1.165) is 27.0 Å². The summed E-state index contributed by atoms with van der Waals surface area (Å²) in [6, 6.07) is 13.9. The number of benzene rings is 2. The van der Waals surface area contributed by atoms with Crippen molar-refractivity contribution in [2.45, 2.75) is 37.0 Å². The quantitative estimate of drug-likeness (QED) is 0.283. The minimum absolute atomic E-state index is 0.0991. The van der Waals surface area contributed by atoms with Crippen LogP contribution in [0.2, 0.25) is 0 Å². The lowest BCUT2D eigenvalue weighted by molar-refractivity contribution is -0.172. The molecule has 8 nitrogen and oxygen atoms in total. The maximum Gasteiger partial charge on any atom is 0.343 e. The molecule has 3 aliphatic rings. The van der Waals surface area contributed by atoms with Crippen molar-refractivity contribution in [3.8, 4) is 34.0 Å². The molecule has 2 aromatic carbocycles. The van der Waals surface area contributed by atoms with E-state index in [9.17, 15) is 14.7 Å². The summed E-state index contributed by atoms with van der Waals surface area (Å²) in [6.45, 7) is 2.00. The zero-order valence-corrected chi connectivity index (χ0v) is 21.0. The number of fused-ring (bicyclic) bond motifs is 6. The fraction of sp³-hybridized carbons (Fsp3) is 0.250. The SMILES string of the molecule is CC[C@@]1(O)C(=O)OCc2c1cc1n(c2=O)Cc2cc3c(-c4ccc(SC)cc4)c4c(cc3nc2-1)OCO4. The van der Waals surface area contributed by atoms with Crippen LogP contribution in [-0.4, -0.2) is 33.7 Å². The highest BCUT2D eigenvalue weighted by Gasteiger charge is 2.45. The Bertz CT molecular complexity index is 1710. The van der Waals surface area contributed by atoms with Gasteiger partial charge in [-0.3, -0.25) is 4.79 Å². The molecule has 0 saturated carbocycles. The highest BCUT2D eigenvalue weighted by Crippen LogP contribution is 2.48. The van der Waals surface area contributed by atoms with E-state index in [-0.39, 0.29) is 25.4 Å². The van der Waals surface area contributed by atoms with Gasteiger partial charge in [0.25, 0.3) is 5.56 Å². The molecule has 4 aromatic rings. The second-order valence-electron chi connectivity index (χ2n) is 9.38. The second kappa shape index (κ2) is 7.84. The fourth-order valence-corrected chi connectivity index (χ4v) is 5.93. The van der Waals surface area contributed by atoms with Gasteiger partial charge in [0.05, 0.1) is 29.0 Å². The van der Waals surface area contributed by atoms with Crippen LogP contribution in [0.1, 0.15) is 30.0 Å². The van der Waals surface area contributed by atoms with E-state index >= 15 is 0 Å². The van der Waals surface area contributed by atoms with Gasteiger partial charge in [-0.2, -0.15) is 0 Å². The molecule has 5 heterocycles. The Balaban J connectivity index is 1.47. The van der Waals surface area contributed by atoms with Crippen LogP contribution in [0.5, 0.6) is 11.5 Å². The van der Waals surface area contributed by atoms with Crippen LogP contribution in [0.15, 0.2) is 52.2 Å². The number of aromatic nitrogens is 2. The molecule has 0 unspecified atom stereocenters. The fourth-order valence-electron chi connectivity index (χ4n) is 5.53. The number of carbonyl (C=O) groups is 1. The van der Waals surface area contributed by atoms with E-state index in [1.54, 1.807) is 29.3 Å². The predicted molar refractivity (Wildman–Crippen MR) is 138 cm³/mol. The summed E-state index contributed by atoms with van der Waals surface area (Å²) < 4.78 is 18.4. The second-order valence-corrected chi connectivity index (χ2v) is 10.3. The number of pyridine rings is 2. The number of rotatable bonds is 3. The number of hydrogen-bond donors (Lipinski definition) is 1. The smallest absolute Gasteiger partial charge is 0.343 e. The molecule has 186 valence electrons. The number of ether oxygens (including phenoxy) is 3. The Hall–Kier alpha value is -3.82. The third-order valence-electron chi connectivity index (χ3n) is 7.53. The van der Waals surface area contributed by atoms with Gasteiger partial charge < -0.3 is 23.9 Å². The first-order valence-electron chi connectivity index (χ1n) is 12.0. The Morgan fingerprint density at radius 1 is 1.11 bits per heavy atom. The molecule has 0 amide bonds. The minimum atomic E-state index is -1.86. The summed E-state index contributed by atoms with van der Waals surface area (Å²) >= 11 is 1.68. The Labute approximate surface area is 215 Å². The molecule has 0 radical (unpaired) electrons. The number of hydrogen-bond acceptors (Lipinski definition) is 8. The number of esters is 1. The highest BCUT2D eigenvalue weighted by molar-refractivity contribution is 7.98. The van der Waals surface area contributed by atoms with Gasteiger partial charge >= 0.3 is 5.97 Å². The van der Waals surface area contributed by atoms with Crippen LogP contribution in [0.4, 0.5) is 0 Å². The predicted octanol–water partition coefficient (Wildman–Crippen LogP) is 4.20. The van der Waals surface area contributed by atoms with E-state index in [2.05, 4.69) is 30.3 Å². The number of cyclic esters (lactones) is 1. The van der Waals surface area contributed by atoms with Crippen LogP contribution >= 0.6 is 11.8 Å². The first-order chi connectivity index (χ1) is 17.9. The van der Waals surface area contributed by atoms with Crippen molar-refractivity contribution < 1.29 is 24.1 Å². The van der Waals surface area contributed by atoms with Gasteiger partial charge in [-0.05, 0) is 42.5 Å². The van der Waals surface area contributed by atoms with Crippen LogP contribution in [0.3, 0.4) is 0 Å². The average Bonchev–Trinajstić information content (AvgIpc) is 3.53. The highest BCUT2D eigenvalue weighted by atomic mass is 32.2. The lowest BCUT2D eigenvalue weighted by Crippen LogP contribution is -2.44. The van der Waals surface area contributed by atoms with E-state index in [1.807, 2.05) is 12.3 Å². The summed E-state index contributed by atoms with van der Waals surface area (Å²) in [6.07, 6.45) is 2.14. The van der Waals surface area contributed by atoms with Gasteiger partial charge in [-0.25, -0.2) is 9.78 Å². The molecule has 0 fully saturated rings. The topological polar surface area (TPSA) is 99.9 Å². The molecule has 37 heavy (non-hydrogen) atoms. The van der Waals surface area contributed by atoms with Crippen molar-refractivity contribution in [2.24, 2.45) is 0 Å². The maximum atomic E-state index is 13.5. The zero-order chi connectivity index (χ0) is 25.5. The molecule has 9 heteroatoms. The molecule has 0 spiro atoms. The van der Waals surface area contributed by atoms with Crippen LogP contribution in [0.25, 0.3) is 33.4 Å². The van der Waals surface area contributed by atoms with E-state index in [0.29, 0.717) is 46.1 Å². The van der Waals surface area contributed by atoms with Crippen molar-refractivity contribution in [1.82, 2.24) is 9.55 Å². The van der Waals surface area contributed by atoms with Gasteiger partial charge in [0.15, 0.2) is 17.1 Å². The summed E-state index contributed by atoms with van der Waals surface area (Å²) in [5, 5.41) is 12.0. The number of thioether (sulfide) groups is 1. The lowest BCUT2D eigenvalue weighted by Gasteiger charge is -2.31. The molecule has 0 aliphatic carbocycles. The number of aliphatic hydroxyl groups is 1. The lowest BCUT2D eigenvalue weighted by atomic mass is 9.86. The molecular weight excluding hydrogens is 492 g/mol. The van der Waals surface area contributed by atoms with Gasteiger partial charge in [0.2, 0.25) is 6.79 Å². The molecule has 0 saturated heterocycles. The molecular formula is C28H22N2O6S. The van der Waals surface area contributed by atoms with E-state index < -0.39 is 11.6 Å². The number of carbonyl (C=O) groups excluding carboxylic acids is 1. The van der Waals surface area contributed by atoms with Crippen LogP contribution < -0.4 is 15.0 Å². The monoisotopic (exact) mass is 514 g/mol. The Kier molecular flexibility index (Phi) is 4.74. The standard InChI is InChI=1S/C28H22N2O6S/c1-3-28(33)19-9-21-24-15(11-30(21)26(31)18(19)12-34-27(28)32)8-17-20(29-24)10-22-25(36-13-35-22)23(17)14-4-6-16(37-2)7-5-14/h4-10,33H,3,11-13H2,1-2H3/t28-/m0/s1. The van der Waals surface area contributed by atoms with Crippen molar-refractivity contribution in [3.05, 3.63) is 69.5 Å². The Morgan fingerprint density at radius 3 is 2.68 bits per heavy atom. The van der Waals surface area contributed by atoms with Crippen LogP contribution in [-0.2, 0) is 28.3 Å². The minimum Gasteiger partial charge on any atom is -0.458 e. The van der Waals surface area contributed by atoms with Crippen molar-refractivity contribution in [1.29, 1.82) is 0 Å². The first kappa shape index (κ1) is 22.4. The van der Waals surface area contributed by atoms with Crippen molar-refractivity contribution in [2.75, 3.05) is 13.0 Å². The summed E-state index contributed by atoms with van der Waals surface area (Å²) in [7, 11) is 0. The van der Waals surface area contributed by atoms with Crippen molar-refractivity contribution in [3.63, 3.8) is 0 Å². The summed E-state index contributed by atoms with van der Waals surface area (Å²) in [4.78, 5) is 32.1. The Morgan fingerprint density at radius 2 is 1.92 bits per heavy atom. The van der Waals surface area contributed by atoms with Gasteiger partial charge in [0.1, 0.15) is 6.61 Å². The van der Waals surface area contributed by atoms with Gasteiger partial charge in [0, 0.05) is 33.0 Å². The summed E-state index contributed by atoms with van der Waals surface area (Å²) in [5.74, 6) is 0.562. The average molecular weight is 515 g/mol. The van der Waals surface area contributed by atoms with Gasteiger partial charge in [-0.1, -0.05) is 19.1 Å². The third-order valence-corrected chi connectivity index (χ3v) is 8.27. The molecule has 7 rings (SSSR count). The third kappa shape index (κ3) is 3.04. The summed E-state index contributed by atoms with van der Waals surface area (Å²) in [5.41, 5.74) is 3.15. The maximum absolute atomic E-state index is 13.5. The molecule has 2 aromatic heterocycles. The van der Waals surface area contributed by atoms with E-state index in [4.69, 9.17) is 19.2 Å². The van der Waals surface area contributed by atoms with Gasteiger partial charge in [-0.15, -0.1) is 11.8 Å². The van der Waals surface area contributed by atoms with Crippen molar-refractivity contribution >= 4 is 28.6 Å². The molecule has 1 N–H and O–H groups in total.